The number of hydrogen-bond acceptors (Lipinski definition) is 3. The smallest absolute Gasteiger partial charge is 0.425 e. The maximum absolute atomic E-state index is 14.1. The summed E-state index contributed by atoms with van der Waals surface area (Å²) in [4.78, 5) is 6.20. The molecule has 4 nitrogen and oxygen atoms in total. The van der Waals surface area contributed by atoms with Gasteiger partial charge in [-0.3, -0.25) is 0 Å². The van der Waals surface area contributed by atoms with Crippen LogP contribution in [0.5, 0.6) is 5.75 Å². The summed E-state index contributed by atoms with van der Waals surface area (Å²) in [6.07, 6.45) is -3.45. The molecule has 0 saturated heterocycles. The molecule has 29 heavy (non-hydrogen) atoms. The summed E-state index contributed by atoms with van der Waals surface area (Å²) in [5.74, 6) is -0.144. The number of aryl methyl sites for hydroxylation is 1. The second-order valence-corrected chi connectivity index (χ2v) is 7.44. The van der Waals surface area contributed by atoms with Gasteiger partial charge in [0.2, 0.25) is 5.60 Å². The lowest BCUT2D eigenvalue weighted by molar-refractivity contribution is -0.248. The molecule has 0 aliphatic heterocycles. The number of aliphatic hydroxyl groups is 1. The lowest BCUT2D eigenvalue weighted by atomic mass is 9.84. The van der Waals surface area contributed by atoms with Crippen LogP contribution in [0.2, 0.25) is 5.02 Å². The highest BCUT2D eigenvalue weighted by Gasteiger charge is 2.58. The van der Waals surface area contributed by atoms with Crippen LogP contribution < -0.4 is 4.74 Å². The van der Waals surface area contributed by atoms with Crippen LogP contribution in [0.25, 0.3) is 0 Å². The third-order valence-corrected chi connectivity index (χ3v) is 5.10. The Balaban J connectivity index is 2.70. The Morgan fingerprint density at radius 3 is 2.31 bits per heavy atom. The molecule has 0 radical (unpaired) electrons. The predicted octanol–water partition coefficient (Wildman–Crippen LogP) is 5.46. The van der Waals surface area contributed by atoms with Gasteiger partial charge in [-0.2, -0.15) is 13.2 Å². The van der Waals surface area contributed by atoms with Gasteiger partial charge in [0.05, 0.1) is 19.1 Å². The number of nitrogens with zero attached hydrogens (tertiary/aromatic N) is 2. The summed E-state index contributed by atoms with van der Waals surface area (Å²) in [6, 6.07) is 8.14. The standard InChI is InChI=1S/C21H24ClF3N2O2/c1-13(2)27(4)12-26-18-11-19(29-5)16(10-14(18)3)20(28,21(23,24)25)15-8-6-7-9-17(15)22/h6-13,28H,1-5H3. The first-order valence-corrected chi connectivity index (χ1v) is 9.30. The van der Waals surface area contributed by atoms with Crippen molar-refractivity contribution < 1.29 is 23.0 Å². The molecule has 0 amide bonds. The van der Waals surface area contributed by atoms with Crippen molar-refractivity contribution in [2.24, 2.45) is 4.99 Å². The zero-order chi connectivity index (χ0) is 22.0. The van der Waals surface area contributed by atoms with Crippen molar-refractivity contribution in [2.75, 3.05) is 14.2 Å². The molecule has 2 aromatic carbocycles. The predicted molar refractivity (Wildman–Crippen MR) is 109 cm³/mol. The van der Waals surface area contributed by atoms with E-state index in [4.69, 9.17) is 16.3 Å². The fraction of sp³-hybridized carbons (Fsp3) is 0.381. The molecule has 0 aromatic heterocycles. The second-order valence-electron chi connectivity index (χ2n) is 7.03. The Morgan fingerprint density at radius 2 is 1.79 bits per heavy atom. The minimum atomic E-state index is -5.04. The van der Waals surface area contributed by atoms with Crippen LogP contribution in [0.15, 0.2) is 41.4 Å². The van der Waals surface area contributed by atoms with E-state index in [1.165, 1.54) is 37.4 Å². The monoisotopic (exact) mass is 428 g/mol. The molecule has 0 bridgehead atoms. The maximum atomic E-state index is 14.1. The molecule has 2 rings (SSSR count). The van der Waals surface area contributed by atoms with Crippen molar-refractivity contribution in [2.45, 2.75) is 38.6 Å². The van der Waals surface area contributed by atoms with E-state index in [0.717, 1.165) is 6.07 Å². The fourth-order valence-corrected chi connectivity index (χ4v) is 3.03. The number of hydrogen-bond donors (Lipinski definition) is 1. The molecule has 0 spiro atoms. The van der Waals surface area contributed by atoms with Crippen LogP contribution in [0.1, 0.15) is 30.5 Å². The number of rotatable bonds is 6. The average Bonchev–Trinajstić information content (AvgIpc) is 2.65. The molecule has 2 aromatic rings. The van der Waals surface area contributed by atoms with Gasteiger partial charge < -0.3 is 14.7 Å². The van der Waals surface area contributed by atoms with Gasteiger partial charge in [0.15, 0.2) is 0 Å². The first-order chi connectivity index (χ1) is 13.4. The van der Waals surface area contributed by atoms with E-state index >= 15 is 0 Å². The van der Waals surface area contributed by atoms with E-state index in [2.05, 4.69) is 4.99 Å². The summed E-state index contributed by atoms with van der Waals surface area (Å²) in [5.41, 5.74) is -3.39. The molecule has 0 aliphatic rings. The SMILES string of the molecule is COc1cc(N=CN(C)C(C)C)c(C)cc1C(O)(c1ccccc1Cl)C(F)(F)F. The van der Waals surface area contributed by atoms with E-state index in [0.29, 0.717) is 11.3 Å². The van der Waals surface area contributed by atoms with Crippen molar-refractivity contribution in [3.05, 3.63) is 58.1 Å². The molecule has 158 valence electrons. The van der Waals surface area contributed by atoms with Gasteiger partial charge in [-0.25, -0.2) is 4.99 Å². The van der Waals surface area contributed by atoms with E-state index in [9.17, 15) is 18.3 Å². The van der Waals surface area contributed by atoms with E-state index in [1.54, 1.807) is 13.3 Å². The Hall–Kier alpha value is -2.25. The Kier molecular flexibility index (Phi) is 6.86. The van der Waals surface area contributed by atoms with Gasteiger partial charge in [0.1, 0.15) is 5.75 Å². The first-order valence-electron chi connectivity index (χ1n) is 8.92. The second kappa shape index (κ2) is 8.63. The number of benzene rings is 2. The molecular formula is C21H24ClF3N2O2. The van der Waals surface area contributed by atoms with Crippen molar-refractivity contribution in [1.82, 2.24) is 4.90 Å². The third kappa shape index (κ3) is 4.51. The van der Waals surface area contributed by atoms with Crippen LogP contribution in [0.3, 0.4) is 0 Å². The van der Waals surface area contributed by atoms with Gasteiger partial charge in [-0.15, -0.1) is 0 Å². The van der Waals surface area contributed by atoms with Gasteiger partial charge >= 0.3 is 6.18 Å². The van der Waals surface area contributed by atoms with Crippen LogP contribution in [-0.2, 0) is 5.60 Å². The van der Waals surface area contributed by atoms with E-state index < -0.39 is 22.9 Å². The van der Waals surface area contributed by atoms with E-state index in [-0.39, 0.29) is 16.8 Å². The Labute approximate surface area is 173 Å². The highest BCUT2D eigenvalue weighted by Crippen LogP contribution is 2.50. The lowest BCUT2D eigenvalue weighted by Gasteiger charge is -2.33. The molecule has 0 saturated carbocycles. The quantitative estimate of drug-likeness (QED) is 0.491. The topological polar surface area (TPSA) is 45.1 Å². The van der Waals surface area contributed by atoms with Crippen molar-refractivity contribution in [3.63, 3.8) is 0 Å². The number of alkyl halides is 3. The minimum Gasteiger partial charge on any atom is -0.496 e. The van der Waals surface area contributed by atoms with Crippen LogP contribution in [-0.4, -0.2) is 42.7 Å². The third-order valence-electron chi connectivity index (χ3n) is 4.78. The summed E-state index contributed by atoms with van der Waals surface area (Å²) < 4.78 is 47.6. The Morgan fingerprint density at radius 1 is 1.17 bits per heavy atom. The molecule has 0 aliphatic carbocycles. The van der Waals surface area contributed by atoms with Crippen molar-refractivity contribution in [1.29, 1.82) is 0 Å². The van der Waals surface area contributed by atoms with Crippen LogP contribution in [0, 0.1) is 6.92 Å². The summed E-state index contributed by atoms with van der Waals surface area (Å²) in [7, 11) is 3.08. The average molecular weight is 429 g/mol. The summed E-state index contributed by atoms with van der Waals surface area (Å²) >= 11 is 6.02. The number of halogens is 4. The molecule has 1 N–H and O–H groups in total. The zero-order valence-electron chi connectivity index (χ0n) is 16.9. The van der Waals surface area contributed by atoms with Gasteiger partial charge in [-0.05, 0) is 38.5 Å². The molecule has 1 unspecified atom stereocenters. The first kappa shape index (κ1) is 23.0. The van der Waals surface area contributed by atoms with Crippen LogP contribution >= 0.6 is 11.6 Å². The highest BCUT2D eigenvalue weighted by atomic mass is 35.5. The van der Waals surface area contributed by atoms with Gasteiger partial charge in [0, 0.05) is 35.3 Å². The number of methoxy groups -OCH3 is 1. The molecule has 0 heterocycles. The Bertz CT molecular complexity index is 900. The largest absolute Gasteiger partial charge is 0.496 e. The minimum absolute atomic E-state index is 0.144. The zero-order valence-corrected chi connectivity index (χ0v) is 17.6. The molecule has 8 heteroatoms. The number of aliphatic imine (C=N–C) groups is 1. The number of ether oxygens (including phenoxy) is 1. The van der Waals surface area contributed by atoms with Gasteiger partial charge in [-0.1, -0.05) is 29.8 Å². The van der Waals surface area contributed by atoms with Crippen molar-refractivity contribution >= 4 is 23.6 Å². The molecule has 1 atom stereocenters. The van der Waals surface area contributed by atoms with Crippen molar-refractivity contribution in [3.8, 4) is 5.75 Å². The molecule has 0 fully saturated rings. The maximum Gasteiger partial charge on any atom is 0.425 e. The summed E-state index contributed by atoms with van der Waals surface area (Å²) in [5, 5.41) is 10.8. The van der Waals surface area contributed by atoms with E-state index in [1.807, 2.05) is 25.8 Å². The molecular weight excluding hydrogens is 405 g/mol. The normalized spacial score (nSPS) is 14.3. The fourth-order valence-electron chi connectivity index (χ4n) is 2.76. The van der Waals surface area contributed by atoms with Crippen LogP contribution in [0.4, 0.5) is 18.9 Å². The highest BCUT2D eigenvalue weighted by molar-refractivity contribution is 6.31. The lowest BCUT2D eigenvalue weighted by Crippen LogP contribution is -2.44. The van der Waals surface area contributed by atoms with Gasteiger partial charge in [0.25, 0.3) is 0 Å². The summed E-state index contributed by atoms with van der Waals surface area (Å²) in [6.45, 7) is 5.58.